The molecule has 2 fully saturated rings. The van der Waals surface area contributed by atoms with E-state index in [-0.39, 0.29) is 5.91 Å². The van der Waals surface area contributed by atoms with Gasteiger partial charge in [0.15, 0.2) is 0 Å². The van der Waals surface area contributed by atoms with Crippen LogP contribution in [-0.2, 0) is 11.3 Å². The average Bonchev–Trinajstić information content (AvgIpc) is 3.18. The zero-order valence-corrected chi connectivity index (χ0v) is 14.5. The van der Waals surface area contributed by atoms with Crippen LogP contribution in [-0.4, -0.2) is 30.9 Å². The zero-order chi connectivity index (χ0) is 15.4. The van der Waals surface area contributed by atoms with Crippen LogP contribution in [0.4, 0.5) is 0 Å². The van der Waals surface area contributed by atoms with Gasteiger partial charge in [-0.2, -0.15) is 0 Å². The molecule has 1 aliphatic carbocycles. The van der Waals surface area contributed by atoms with Crippen molar-refractivity contribution in [2.45, 2.75) is 57.4 Å². The summed E-state index contributed by atoms with van der Waals surface area (Å²) >= 11 is 2.02. The van der Waals surface area contributed by atoms with Gasteiger partial charge in [-0.25, -0.2) is 0 Å². The maximum absolute atomic E-state index is 11.5. The van der Waals surface area contributed by atoms with E-state index in [1.807, 2.05) is 11.3 Å². The molecular weight excluding hydrogens is 292 g/mol. The number of hydrogen-bond acceptors (Lipinski definition) is 3. The van der Waals surface area contributed by atoms with Crippen molar-refractivity contribution in [3.05, 3.63) is 21.9 Å². The molecular formula is C18H28N2OS. The lowest BCUT2D eigenvalue weighted by Gasteiger charge is -2.20. The lowest BCUT2D eigenvalue weighted by molar-refractivity contribution is -0.121. The van der Waals surface area contributed by atoms with Crippen LogP contribution < -0.4 is 5.32 Å². The summed E-state index contributed by atoms with van der Waals surface area (Å²) in [4.78, 5) is 17.1. The van der Waals surface area contributed by atoms with Crippen LogP contribution >= 0.6 is 11.3 Å². The lowest BCUT2D eigenvalue weighted by atomic mass is 9.88. The van der Waals surface area contributed by atoms with Crippen molar-refractivity contribution in [1.29, 1.82) is 0 Å². The largest absolute Gasteiger partial charge is 0.359 e. The summed E-state index contributed by atoms with van der Waals surface area (Å²) in [6.45, 7) is 3.28. The summed E-state index contributed by atoms with van der Waals surface area (Å²) in [7, 11) is 1.73. The van der Waals surface area contributed by atoms with Crippen LogP contribution in [0.15, 0.2) is 12.1 Å². The molecule has 0 spiro atoms. The van der Waals surface area contributed by atoms with Gasteiger partial charge < -0.3 is 5.32 Å². The Kier molecular flexibility index (Phi) is 5.53. The first-order chi connectivity index (χ1) is 10.7. The Hall–Kier alpha value is -0.870. The van der Waals surface area contributed by atoms with Crippen molar-refractivity contribution < 1.29 is 4.79 Å². The molecule has 122 valence electrons. The smallest absolute Gasteiger partial charge is 0.220 e. The molecule has 1 aromatic heterocycles. The van der Waals surface area contributed by atoms with Gasteiger partial charge in [-0.15, -0.1) is 11.3 Å². The molecule has 3 rings (SSSR count). The fraction of sp³-hybridized carbons (Fsp3) is 0.722. The number of nitrogens with one attached hydrogen (secondary N) is 1. The van der Waals surface area contributed by atoms with Gasteiger partial charge in [-0.1, -0.05) is 19.3 Å². The first-order valence-corrected chi connectivity index (χ1v) is 9.58. The standard InChI is InChI=1S/C18H28N2OS/c1-19-18(21)11-14-9-10-20(12-14)13-16-7-8-17(22-16)15-5-3-2-4-6-15/h7-8,14-15H,2-6,9-13H2,1H3,(H,19,21). The van der Waals surface area contributed by atoms with Gasteiger partial charge in [0.25, 0.3) is 0 Å². The van der Waals surface area contributed by atoms with E-state index < -0.39 is 0 Å². The van der Waals surface area contributed by atoms with Gasteiger partial charge in [-0.05, 0) is 49.8 Å². The topological polar surface area (TPSA) is 32.3 Å². The molecule has 2 heterocycles. The first-order valence-electron chi connectivity index (χ1n) is 8.76. The molecule has 1 atom stereocenters. The van der Waals surface area contributed by atoms with E-state index in [9.17, 15) is 4.79 Å². The van der Waals surface area contributed by atoms with Crippen LogP contribution in [0, 0.1) is 5.92 Å². The van der Waals surface area contributed by atoms with E-state index in [2.05, 4.69) is 22.3 Å². The Morgan fingerprint density at radius 1 is 1.27 bits per heavy atom. The van der Waals surface area contributed by atoms with Crippen molar-refractivity contribution in [3.63, 3.8) is 0 Å². The maximum atomic E-state index is 11.5. The van der Waals surface area contributed by atoms with Crippen LogP contribution in [0.3, 0.4) is 0 Å². The molecule has 1 saturated carbocycles. The summed E-state index contributed by atoms with van der Waals surface area (Å²) in [5.41, 5.74) is 0. The molecule has 1 amide bonds. The highest BCUT2D eigenvalue weighted by atomic mass is 32.1. The van der Waals surface area contributed by atoms with Crippen molar-refractivity contribution in [2.75, 3.05) is 20.1 Å². The number of rotatable bonds is 5. The number of carbonyl (C=O) groups excluding carboxylic acids is 1. The molecule has 2 aliphatic rings. The fourth-order valence-electron chi connectivity index (χ4n) is 3.89. The van der Waals surface area contributed by atoms with E-state index in [1.54, 1.807) is 11.9 Å². The molecule has 3 nitrogen and oxygen atoms in total. The minimum atomic E-state index is 0.183. The molecule has 1 N–H and O–H groups in total. The van der Waals surface area contributed by atoms with Crippen LogP contribution in [0.5, 0.6) is 0 Å². The summed E-state index contributed by atoms with van der Waals surface area (Å²) in [6, 6.07) is 4.70. The van der Waals surface area contributed by atoms with E-state index in [0.717, 1.165) is 32.0 Å². The minimum absolute atomic E-state index is 0.183. The van der Waals surface area contributed by atoms with E-state index in [1.165, 1.54) is 37.0 Å². The van der Waals surface area contributed by atoms with Gasteiger partial charge >= 0.3 is 0 Å². The van der Waals surface area contributed by atoms with Crippen LogP contribution in [0.25, 0.3) is 0 Å². The quantitative estimate of drug-likeness (QED) is 0.896. The molecule has 1 saturated heterocycles. The van der Waals surface area contributed by atoms with E-state index in [4.69, 9.17) is 0 Å². The zero-order valence-electron chi connectivity index (χ0n) is 13.6. The summed E-state index contributed by atoms with van der Waals surface area (Å²) < 4.78 is 0. The first kappa shape index (κ1) is 16.0. The second-order valence-electron chi connectivity index (χ2n) is 6.91. The third kappa shape index (κ3) is 4.11. The highest BCUT2D eigenvalue weighted by molar-refractivity contribution is 7.12. The average molecular weight is 321 g/mol. The highest BCUT2D eigenvalue weighted by Gasteiger charge is 2.25. The van der Waals surface area contributed by atoms with Gasteiger partial charge in [0, 0.05) is 36.3 Å². The second kappa shape index (κ2) is 7.60. The van der Waals surface area contributed by atoms with Gasteiger partial charge in [-0.3, -0.25) is 9.69 Å². The highest BCUT2D eigenvalue weighted by Crippen LogP contribution is 2.36. The summed E-state index contributed by atoms with van der Waals surface area (Å²) in [5, 5.41) is 2.74. The van der Waals surface area contributed by atoms with Crippen molar-refractivity contribution in [1.82, 2.24) is 10.2 Å². The number of hydrogen-bond donors (Lipinski definition) is 1. The number of likely N-dealkylation sites (tertiary alicyclic amines) is 1. The van der Waals surface area contributed by atoms with Crippen molar-refractivity contribution in [3.8, 4) is 0 Å². The van der Waals surface area contributed by atoms with Crippen LogP contribution in [0.2, 0.25) is 0 Å². The summed E-state index contributed by atoms with van der Waals surface area (Å²) in [5.74, 6) is 1.55. The monoisotopic (exact) mass is 320 g/mol. The molecule has 0 bridgehead atoms. The predicted octanol–water partition coefficient (Wildman–Crippen LogP) is 3.75. The Labute approximate surface area is 138 Å². The number of nitrogens with zero attached hydrogens (tertiary/aromatic N) is 1. The molecule has 22 heavy (non-hydrogen) atoms. The molecule has 4 heteroatoms. The maximum Gasteiger partial charge on any atom is 0.220 e. The Morgan fingerprint density at radius 2 is 2.09 bits per heavy atom. The lowest BCUT2D eigenvalue weighted by Crippen LogP contribution is -2.24. The molecule has 1 aliphatic heterocycles. The Balaban J connectivity index is 1.49. The van der Waals surface area contributed by atoms with E-state index >= 15 is 0 Å². The second-order valence-corrected chi connectivity index (χ2v) is 8.11. The van der Waals surface area contributed by atoms with E-state index in [0.29, 0.717) is 12.3 Å². The Bertz CT molecular complexity index is 493. The van der Waals surface area contributed by atoms with Gasteiger partial charge in [0.2, 0.25) is 5.91 Å². The number of carbonyl (C=O) groups is 1. The van der Waals surface area contributed by atoms with Gasteiger partial charge in [0.05, 0.1) is 0 Å². The Morgan fingerprint density at radius 3 is 2.86 bits per heavy atom. The fourth-order valence-corrected chi connectivity index (χ4v) is 5.12. The molecule has 0 radical (unpaired) electrons. The molecule has 1 unspecified atom stereocenters. The predicted molar refractivity (Wildman–Crippen MR) is 92.2 cm³/mol. The van der Waals surface area contributed by atoms with Crippen LogP contribution in [0.1, 0.15) is 60.6 Å². The molecule has 0 aromatic carbocycles. The van der Waals surface area contributed by atoms with Gasteiger partial charge in [0.1, 0.15) is 0 Å². The molecule has 1 aromatic rings. The third-order valence-electron chi connectivity index (χ3n) is 5.19. The third-order valence-corrected chi connectivity index (χ3v) is 6.42. The number of amides is 1. The number of thiophene rings is 1. The van der Waals surface area contributed by atoms with Crippen molar-refractivity contribution in [2.24, 2.45) is 5.92 Å². The summed E-state index contributed by atoms with van der Waals surface area (Å²) in [6.07, 6.45) is 8.86. The van der Waals surface area contributed by atoms with Crippen molar-refractivity contribution >= 4 is 17.2 Å². The SMILES string of the molecule is CNC(=O)CC1CCN(Cc2ccc(C3CCCCC3)s2)C1. The normalized spacial score (nSPS) is 23.8. The minimum Gasteiger partial charge on any atom is -0.359 e.